The van der Waals surface area contributed by atoms with Crippen LogP contribution in [0.3, 0.4) is 0 Å². The molecule has 3 aromatic heterocycles. The zero-order chi connectivity index (χ0) is 14.8. The molecule has 5 nitrogen and oxygen atoms in total. The Hall–Kier alpha value is -2.50. The van der Waals surface area contributed by atoms with E-state index in [4.69, 9.17) is 0 Å². The van der Waals surface area contributed by atoms with Gasteiger partial charge in [-0.25, -0.2) is 19.3 Å². The average Bonchev–Trinajstić information content (AvgIpc) is 2.92. The molecule has 3 rings (SSSR count). The highest BCUT2D eigenvalue weighted by atomic mass is 19.1. The summed E-state index contributed by atoms with van der Waals surface area (Å²) in [7, 11) is 0. The Bertz CT molecular complexity index is 748. The number of nitrogens with one attached hydrogen (secondary N) is 1. The summed E-state index contributed by atoms with van der Waals surface area (Å²) in [4.78, 5) is 12.9. The van der Waals surface area contributed by atoms with E-state index in [0.29, 0.717) is 23.8 Å². The van der Waals surface area contributed by atoms with Gasteiger partial charge < -0.3 is 9.72 Å². The van der Waals surface area contributed by atoms with Crippen molar-refractivity contribution in [1.29, 1.82) is 0 Å². The minimum atomic E-state index is -0.407. The molecule has 0 radical (unpaired) electrons. The monoisotopic (exact) mass is 285 g/mol. The third kappa shape index (κ3) is 2.56. The fraction of sp³-hybridized carbons (Fsp3) is 0.267. The van der Waals surface area contributed by atoms with Gasteiger partial charge in [-0.2, -0.15) is 0 Å². The quantitative estimate of drug-likeness (QED) is 0.800. The predicted molar refractivity (Wildman–Crippen MR) is 79.7 cm³/mol. The van der Waals surface area contributed by atoms with Crippen molar-refractivity contribution in [2.24, 2.45) is 0 Å². The first-order valence-corrected chi connectivity index (χ1v) is 6.91. The topological polar surface area (TPSA) is 55.1 Å². The molecule has 0 aliphatic carbocycles. The second-order valence-electron chi connectivity index (χ2n) is 4.81. The first-order chi connectivity index (χ1) is 10.2. The zero-order valence-electron chi connectivity index (χ0n) is 12.0. The highest BCUT2D eigenvalue weighted by Crippen LogP contribution is 2.21. The normalized spacial score (nSPS) is 11.0. The van der Waals surface area contributed by atoms with E-state index in [1.807, 2.05) is 41.9 Å². The summed E-state index contributed by atoms with van der Waals surface area (Å²) in [5.74, 6) is 0.253. The van der Waals surface area contributed by atoms with Crippen LogP contribution >= 0.6 is 0 Å². The van der Waals surface area contributed by atoms with Gasteiger partial charge >= 0.3 is 0 Å². The number of hydrogen-bond donors (Lipinski definition) is 1. The summed E-state index contributed by atoms with van der Waals surface area (Å²) in [6.45, 7) is 4.31. The molecule has 1 N–H and O–H groups in total. The van der Waals surface area contributed by atoms with Crippen LogP contribution in [0.2, 0.25) is 0 Å². The van der Waals surface area contributed by atoms with Crippen molar-refractivity contribution in [3.05, 3.63) is 42.1 Å². The van der Waals surface area contributed by atoms with Gasteiger partial charge in [0.25, 0.3) is 0 Å². The van der Waals surface area contributed by atoms with Gasteiger partial charge in [0, 0.05) is 18.9 Å². The minimum Gasteiger partial charge on any atom is -0.368 e. The number of aryl methyl sites for hydroxylation is 1. The van der Waals surface area contributed by atoms with E-state index >= 15 is 0 Å². The average molecular weight is 285 g/mol. The summed E-state index contributed by atoms with van der Waals surface area (Å²) in [6.07, 6.45) is 4.64. The van der Waals surface area contributed by atoms with E-state index in [0.717, 1.165) is 12.1 Å². The summed E-state index contributed by atoms with van der Waals surface area (Å²) >= 11 is 0. The first-order valence-electron chi connectivity index (χ1n) is 6.91. The minimum absolute atomic E-state index is 0.233. The van der Waals surface area contributed by atoms with Crippen molar-refractivity contribution in [2.75, 3.05) is 11.9 Å². The highest BCUT2D eigenvalue weighted by molar-refractivity contribution is 5.58. The molecule has 3 heterocycles. The molecule has 0 aliphatic heterocycles. The van der Waals surface area contributed by atoms with Crippen LogP contribution < -0.4 is 5.32 Å². The van der Waals surface area contributed by atoms with E-state index in [9.17, 15) is 4.39 Å². The molecule has 0 aromatic carbocycles. The molecule has 108 valence electrons. The molecule has 0 bridgehead atoms. The van der Waals surface area contributed by atoms with E-state index < -0.39 is 5.82 Å². The van der Waals surface area contributed by atoms with Crippen LogP contribution in [-0.2, 0) is 0 Å². The maximum atomic E-state index is 14.0. The van der Waals surface area contributed by atoms with E-state index in [1.165, 1.54) is 0 Å². The number of pyridine rings is 1. The SMILES string of the molecule is CCCNc1nc(-c2cn3ccccc3n2)nc(C)c1F. The summed E-state index contributed by atoms with van der Waals surface area (Å²) < 4.78 is 15.9. The third-order valence-corrected chi connectivity index (χ3v) is 3.15. The van der Waals surface area contributed by atoms with Crippen molar-refractivity contribution >= 4 is 11.5 Å². The van der Waals surface area contributed by atoms with Gasteiger partial charge in [-0.15, -0.1) is 0 Å². The van der Waals surface area contributed by atoms with Gasteiger partial charge in [0.15, 0.2) is 17.5 Å². The molecule has 0 saturated carbocycles. The molecular formula is C15H16FN5. The van der Waals surface area contributed by atoms with Crippen LogP contribution in [0.15, 0.2) is 30.6 Å². The van der Waals surface area contributed by atoms with Crippen LogP contribution in [-0.4, -0.2) is 25.9 Å². The molecule has 0 unspecified atom stereocenters. The van der Waals surface area contributed by atoms with Gasteiger partial charge in [0.05, 0.1) is 5.69 Å². The van der Waals surface area contributed by atoms with Crippen LogP contribution in [0.5, 0.6) is 0 Å². The van der Waals surface area contributed by atoms with Crippen LogP contribution in [0, 0.1) is 12.7 Å². The Morgan fingerprint density at radius 3 is 2.86 bits per heavy atom. The fourth-order valence-electron chi connectivity index (χ4n) is 2.08. The number of imidazole rings is 1. The maximum absolute atomic E-state index is 14.0. The van der Waals surface area contributed by atoms with Gasteiger partial charge in [-0.05, 0) is 25.5 Å². The van der Waals surface area contributed by atoms with Gasteiger partial charge in [-0.1, -0.05) is 13.0 Å². The highest BCUT2D eigenvalue weighted by Gasteiger charge is 2.14. The maximum Gasteiger partial charge on any atom is 0.186 e. The Kier molecular flexibility index (Phi) is 3.51. The molecule has 0 spiro atoms. The van der Waals surface area contributed by atoms with Gasteiger partial charge in [0.1, 0.15) is 11.3 Å². The first kappa shape index (κ1) is 13.5. The molecule has 6 heteroatoms. The lowest BCUT2D eigenvalue weighted by molar-refractivity contribution is 0.605. The molecule has 21 heavy (non-hydrogen) atoms. The molecular weight excluding hydrogens is 269 g/mol. The lowest BCUT2D eigenvalue weighted by Gasteiger charge is -2.08. The van der Waals surface area contributed by atoms with Crippen LogP contribution in [0.4, 0.5) is 10.2 Å². The van der Waals surface area contributed by atoms with Crippen LogP contribution in [0.25, 0.3) is 17.2 Å². The molecule has 0 aliphatic rings. The van der Waals surface area contributed by atoms with E-state index in [-0.39, 0.29) is 5.82 Å². The standard InChI is InChI=1S/C15H16FN5/c1-3-7-17-15-13(16)10(2)18-14(20-15)11-9-21-8-5-4-6-12(21)19-11/h4-6,8-9H,3,7H2,1-2H3,(H,17,18,20). The van der Waals surface area contributed by atoms with Crippen molar-refractivity contribution in [3.63, 3.8) is 0 Å². The fourth-order valence-corrected chi connectivity index (χ4v) is 2.08. The van der Waals surface area contributed by atoms with Crippen molar-refractivity contribution in [3.8, 4) is 11.5 Å². The number of nitrogens with zero attached hydrogens (tertiary/aromatic N) is 4. The molecule has 0 fully saturated rings. The number of anilines is 1. The van der Waals surface area contributed by atoms with Crippen LogP contribution in [0.1, 0.15) is 19.0 Å². The summed E-state index contributed by atoms with van der Waals surface area (Å²) in [6, 6.07) is 5.73. The summed E-state index contributed by atoms with van der Waals surface area (Å²) in [5, 5.41) is 2.99. The zero-order valence-corrected chi connectivity index (χ0v) is 12.0. The summed E-state index contributed by atoms with van der Waals surface area (Å²) in [5.41, 5.74) is 1.75. The number of fused-ring (bicyclic) bond motifs is 1. The number of rotatable bonds is 4. The Balaban J connectivity index is 2.06. The second kappa shape index (κ2) is 5.47. The third-order valence-electron chi connectivity index (χ3n) is 3.15. The Labute approximate surface area is 121 Å². The van der Waals surface area contributed by atoms with Crippen molar-refractivity contribution in [2.45, 2.75) is 20.3 Å². The van der Waals surface area contributed by atoms with E-state index in [1.54, 1.807) is 6.92 Å². The smallest absolute Gasteiger partial charge is 0.186 e. The number of hydrogen-bond acceptors (Lipinski definition) is 4. The predicted octanol–water partition coefficient (Wildman–Crippen LogP) is 3.06. The lowest BCUT2D eigenvalue weighted by atomic mass is 10.3. The molecule has 0 saturated heterocycles. The lowest BCUT2D eigenvalue weighted by Crippen LogP contribution is -2.08. The van der Waals surface area contributed by atoms with Crippen molar-refractivity contribution in [1.82, 2.24) is 19.4 Å². The molecule has 0 atom stereocenters. The van der Waals surface area contributed by atoms with Gasteiger partial charge in [0.2, 0.25) is 0 Å². The van der Waals surface area contributed by atoms with Crippen molar-refractivity contribution < 1.29 is 4.39 Å². The second-order valence-corrected chi connectivity index (χ2v) is 4.81. The Morgan fingerprint density at radius 1 is 1.24 bits per heavy atom. The number of halogens is 1. The number of aromatic nitrogens is 4. The Morgan fingerprint density at radius 2 is 2.10 bits per heavy atom. The molecule has 0 amide bonds. The van der Waals surface area contributed by atoms with E-state index in [2.05, 4.69) is 20.3 Å². The largest absolute Gasteiger partial charge is 0.368 e. The molecule has 3 aromatic rings. The van der Waals surface area contributed by atoms with Gasteiger partial charge in [-0.3, -0.25) is 0 Å².